The largest absolute Gasteiger partial charge is 0.473 e. The molecule has 7 heteroatoms. The molecule has 0 aliphatic carbocycles. The van der Waals surface area contributed by atoms with Crippen LogP contribution in [0.4, 0.5) is 10.1 Å². The fraction of sp³-hybridized carbons (Fsp3) is 0.231. The van der Waals surface area contributed by atoms with Crippen molar-refractivity contribution in [2.75, 3.05) is 5.73 Å². The van der Waals surface area contributed by atoms with Crippen LogP contribution in [0.3, 0.4) is 0 Å². The normalized spacial score (nSPS) is 10.7. The van der Waals surface area contributed by atoms with E-state index in [1.807, 2.05) is 13.8 Å². The van der Waals surface area contributed by atoms with Crippen molar-refractivity contribution in [1.29, 1.82) is 0 Å². The highest BCUT2D eigenvalue weighted by Crippen LogP contribution is 2.32. The molecule has 0 saturated heterocycles. The van der Waals surface area contributed by atoms with Crippen molar-refractivity contribution in [3.05, 3.63) is 34.8 Å². The molecule has 1 heterocycles. The highest BCUT2D eigenvalue weighted by atomic mass is 79.9. The Kier molecular flexibility index (Phi) is 4.39. The Labute approximate surface area is 124 Å². The van der Waals surface area contributed by atoms with E-state index in [0.29, 0.717) is 4.47 Å². The lowest BCUT2D eigenvalue weighted by Crippen LogP contribution is -2.10. The Morgan fingerprint density at radius 2 is 1.90 bits per heavy atom. The number of nitrogen functional groups attached to an aromatic ring is 1. The maximum atomic E-state index is 13.3. The second kappa shape index (κ2) is 6.04. The van der Waals surface area contributed by atoms with E-state index < -0.39 is 5.82 Å². The molecule has 1 aromatic heterocycles. The van der Waals surface area contributed by atoms with Crippen molar-refractivity contribution in [2.24, 2.45) is 0 Å². The van der Waals surface area contributed by atoms with Crippen LogP contribution in [-0.2, 0) is 0 Å². The molecule has 5 nitrogen and oxygen atoms in total. The summed E-state index contributed by atoms with van der Waals surface area (Å²) in [6, 6.07) is 4.16. The van der Waals surface area contributed by atoms with Crippen LogP contribution in [0.25, 0.3) is 0 Å². The second-order valence-corrected chi connectivity index (χ2v) is 5.19. The number of benzene rings is 1. The molecule has 0 aliphatic heterocycles. The predicted octanol–water partition coefficient (Wildman–Crippen LogP) is 3.54. The molecule has 0 saturated carbocycles. The van der Waals surface area contributed by atoms with Crippen LogP contribution in [0.2, 0.25) is 0 Å². The Morgan fingerprint density at radius 1 is 1.20 bits per heavy atom. The van der Waals surface area contributed by atoms with Gasteiger partial charge in [0.05, 0.1) is 6.10 Å². The lowest BCUT2D eigenvalue weighted by atomic mass is 10.3. The van der Waals surface area contributed by atoms with Gasteiger partial charge in [-0.2, -0.15) is 9.97 Å². The van der Waals surface area contributed by atoms with Crippen LogP contribution in [0.5, 0.6) is 17.5 Å². The summed E-state index contributed by atoms with van der Waals surface area (Å²) in [7, 11) is 0. The van der Waals surface area contributed by atoms with Gasteiger partial charge in [-0.15, -0.1) is 0 Å². The zero-order valence-corrected chi connectivity index (χ0v) is 12.5. The molecule has 0 spiro atoms. The van der Waals surface area contributed by atoms with Crippen LogP contribution < -0.4 is 15.2 Å². The van der Waals surface area contributed by atoms with Gasteiger partial charge in [0.2, 0.25) is 11.8 Å². The molecule has 0 amide bonds. The summed E-state index contributed by atoms with van der Waals surface area (Å²) in [5.41, 5.74) is 6.04. The zero-order chi connectivity index (χ0) is 14.7. The minimum absolute atomic E-state index is 0.0802. The number of nitrogens with two attached hydrogens (primary N) is 1. The molecule has 1 aromatic carbocycles. The maximum Gasteiger partial charge on any atom is 0.249 e. The van der Waals surface area contributed by atoms with E-state index in [9.17, 15) is 4.39 Å². The maximum absolute atomic E-state index is 13.3. The molecule has 2 aromatic rings. The fourth-order valence-electron chi connectivity index (χ4n) is 1.46. The average Bonchev–Trinajstić information content (AvgIpc) is 2.32. The molecule has 20 heavy (non-hydrogen) atoms. The van der Waals surface area contributed by atoms with Gasteiger partial charge in [-0.3, -0.25) is 0 Å². The molecule has 2 rings (SSSR count). The van der Waals surface area contributed by atoms with Crippen LogP contribution >= 0.6 is 15.9 Å². The monoisotopic (exact) mass is 341 g/mol. The minimum atomic E-state index is -0.430. The molecule has 2 N–H and O–H groups in total. The fourth-order valence-corrected chi connectivity index (χ4v) is 1.91. The lowest BCUT2D eigenvalue weighted by Gasteiger charge is -2.13. The van der Waals surface area contributed by atoms with E-state index in [4.69, 9.17) is 15.2 Å². The molecule has 0 aliphatic rings. The van der Waals surface area contributed by atoms with E-state index in [2.05, 4.69) is 25.9 Å². The Morgan fingerprint density at radius 3 is 2.55 bits per heavy atom. The first-order valence-electron chi connectivity index (χ1n) is 5.87. The van der Waals surface area contributed by atoms with Gasteiger partial charge in [0.25, 0.3) is 0 Å². The Balaban J connectivity index is 2.29. The molecule has 0 atom stereocenters. The van der Waals surface area contributed by atoms with E-state index in [-0.39, 0.29) is 29.3 Å². The van der Waals surface area contributed by atoms with Gasteiger partial charge >= 0.3 is 0 Å². The molecule has 0 bridgehead atoms. The highest BCUT2D eigenvalue weighted by Gasteiger charge is 2.13. The van der Waals surface area contributed by atoms with Crippen molar-refractivity contribution >= 4 is 21.6 Å². The Bertz CT molecular complexity index is 602. The first kappa shape index (κ1) is 14.5. The van der Waals surface area contributed by atoms with Crippen LogP contribution in [-0.4, -0.2) is 16.1 Å². The molecule has 0 radical (unpaired) electrons. The van der Waals surface area contributed by atoms with Crippen molar-refractivity contribution in [2.45, 2.75) is 20.0 Å². The molecule has 0 unspecified atom stereocenters. The summed E-state index contributed by atoms with van der Waals surface area (Å²) >= 11 is 3.18. The van der Waals surface area contributed by atoms with Gasteiger partial charge in [0.15, 0.2) is 5.69 Å². The van der Waals surface area contributed by atoms with E-state index in [0.717, 1.165) is 0 Å². The van der Waals surface area contributed by atoms with E-state index in [1.54, 1.807) is 6.07 Å². The number of nitrogens with zero attached hydrogens (tertiary/aromatic N) is 2. The lowest BCUT2D eigenvalue weighted by molar-refractivity contribution is 0.232. The second-order valence-electron chi connectivity index (χ2n) is 4.27. The number of ether oxygens (including phenoxy) is 2. The molecule has 0 fully saturated rings. The molecular formula is C13H13BrFN3O2. The van der Waals surface area contributed by atoms with Crippen LogP contribution in [0.15, 0.2) is 29.0 Å². The molecular weight excluding hydrogens is 329 g/mol. The summed E-state index contributed by atoms with van der Waals surface area (Å²) in [4.78, 5) is 7.86. The van der Waals surface area contributed by atoms with Gasteiger partial charge in [0.1, 0.15) is 17.9 Å². The smallest absolute Gasteiger partial charge is 0.249 e. The van der Waals surface area contributed by atoms with Crippen molar-refractivity contribution in [3.63, 3.8) is 0 Å². The van der Waals surface area contributed by atoms with E-state index in [1.165, 1.54) is 18.5 Å². The first-order chi connectivity index (χ1) is 9.45. The van der Waals surface area contributed by atoms with Gasteiger partial charge in [0, 0.05) is 10.5 Å². The zero-order valence-electron chi connectivity index (χ0n) is 10.9. The van der Waals surface area contributed by atoms with Gasteiger partial charge < -0.3 is 15.2 Å². The minimum Gasteiger partial charge on any atom is -0.473 e. The SMILES string of the molecule is CC(C)Oc1ncnc(Oc2cc(F)cc(Br)c2)c1N. The summed E-state index contributed by atoms with van der Waals surface area (Å²) in [5, 5.41) is 0. The average molecular weight is 342 g/mol. The van der Waals surface area contributed by atoms with Crippen LogP contribution in [0, 0.1) is 5.82 Å². The highest BCUT2D eigenvalue weighted by molar-refractivity contribution is 9.10. The third-order valence-corrected chi connectivity index (χ3v) is 2.67. The number of anilines is 1. The number of halogens is 2. The third-order valence-electron chi connectivity index (χ3n) is 2.21. The standard InChI is InChI=1S/C13H13BrFN3O2/c1-7(2)19-12-11(16)13(18-6-17-12)20-10-4-8(14)3-9(15)5-10/h3-7H,16H2,1-2H3. The van der Waals surface area contributed by atoms with Crippen molar-refractivity contribution in [3.8, 4) is 17.5 Å². The topological polar surface area (TPSA) is 70.3 Å². The quantitative estimate of drug-likeness (QED) is 0.920. The van der Waals surface area contributed by atoms with Gasteiger partial charge in [-0.25, -0.2) is 4.39 Å². The number of rotatable bonds is 4. The molecule has 106 valence electrons. The number of hydrogen-bond acceptors (Lipinski definition) is 5. The summed E-state index contributed by atoms with van der Waals surface area (Å²) in [5.74, 6) is 0.201. The van der Waals surface area contributed by atoms with Gasteiger partial charge in [-0.1, -0.05) is 15.9 Å². The van der Waals surface area contributed by atoms with E-state index >= 15 is 0 Å². The summed E-state index contributed by atoms with van der Waals surface area (Å²) < 4.78 is 24.7. The predicted molar refractivity (Wildman–Crippen MR) is 76.4 cm³/mol. The van der Waals surface area contributed by atoms with Gasteiger partial charge in [-0.05, 0) is 26.0 Å². The van der Waals surface area contributed by atoms with Crippen molar-refractivity contribution < 1.29 is 13.9 Å². The summed E-state index contributed by atoms with van der Waals surface area (Å²) in [6.07, 6.45) is 1.20. The number of hydrogen-bond donors (Lipinski definition) is 1. The first-order valence-corrected chi connectivity index (χ1v) is 6.66. The Hall–Kier alpha value is -1.89. The number of aromatic nitrogens is 2. The summed E-state index contributed by atoms with van der Waals surface area (Å²) in [6.45, 7) is 3.71. The van der Waals surface area contributed by atoms with Crippen molar-refractivity contribution in [1.82, 2.24) is 9.97 Å². The van der Waals surface area contributed by atoms with Crippen LogP contribution in [0.1, 0.15) is 13.8 Å². The third kappa shape index (κ3) is 3.57.